The molecule has 22 heavy (non-hydrogen) atoms. The fourth-order valence-corrected chi connectivity index (χ4v) is 6.40. The highest BCUT2D eigenvalue weighted by Gasteiger charge is 2.34. The van der Waals surface area contributed by atoms with Gasteiger partial charge in [-0.1, -0.05) is 36.6 Å². The van der Waals surface area contributed by atoms with Crippen molar-refractivity contribution < 1.29 is 18.2 Å². The largest absolute Gasteiger partial charge is 0.372 e. The first kappa shape index (κ1) is 23.2. The quantitative estimate of drug-likeness (QED) is 0.235. The molecule has 1 aliphatic heterocycles. The van der Waals surface area contributed by atoms with Gasteiger partial charge in [-0.05, 0) is 33.0 Å². The zero-order valence-electron chi connectivity index (χ0n) is 13.1. The second kappa shape index (κ2) is 14.2. The molecular weight excluding hydrogens is 434 g/mol. The van der Waals surface area contributed by atoms with Crippen LogP contribution in [0.3, 0.4) is 0 Å². The van der Waals surface area contributed by atoms with Crippen LogP contribution in [0.2, 0.25) is 0 Å². The van der Waals surface area contributed by atoms with Crippen LogP contribution in [-0.4, -0.2) is 57.9 Å². The molecule has 0 spiro atoms. The van der Waals surface area contributed by atoms with Gasteiger partial charge in [0.15, 0.2) is 6.29 Å². The molecule has 0 aromatic carbocycles. The maximum atomic E-state index is 6.04. The second-order valence-corrected chi connectivity index (χ2v) is 20.9. The van der Waals surface area contributed by atoms with Crippen molar-refractivity contribution in [1.82, 2.24) is 0 Å². The van der Waals surface area contributed by atoms with E-state index in [1.165, 1.54) is 11.7 Å². The maximum absolute atomic E-state index is 6.04. The lowest BCUT2D eigenvalue weighted by atomic mass is 10.1. The van der Waals surface area contributed by atoms with Crippen LogP contribution in [0.15, 0.2) is 0 Å². The van der Waals surface area contributed by atoms with E-state index >= 15 is 0 Å². The van der Waals surface area contributed by atoms with E-state index in [2.05, 4.69) is 37.4 Å². The minimum Gasteiger partial charge on any atom is -0.372 e. The minimum atomic E-state index is -0.471. The van der Waals surface area contributed by atoms with Gasteiger partial charge >= 0.3 is 0 Å². The summed E-state index contributed by atoms with van der Waals surface area (Å²) in [6.45, 7) is 7.61. The molecule has 1 saturated heterocycles. The Morgan fingerprint density at radius 1 is 1.41 bits per heavy atom. The predicted octanol–water partition coefficient (Wildman–Crippen LogP) is 5.35. The normalized spacial score (nSPS) is 29.6. The number of rotatable bonds is 11. The van der Waals surface area contributed by atoms with Crippen LogP contribution in [-0.2, 0) is 18.2 Å². The van der Waals surface area contributed by atoms with Gasteiger partial charge in [-0.3, -0.25) is 4.18 Å². The Hall–Kier alpha value is 3.12. The molecule has 4 nitrogen and oxygen atoms in total. The lowest BCUT2D eigenvalue weighted by Gasteiger charge is -2.36. The van der Waals surface area contributed by atoms with Gasteiger partial charge in [-0.15, -0.1) is 8.27 Å². The Kier molecular flexibility index (Phi) is 15.0. The predicted molar refractivity (Wildman–Crippen MR) is 118 cm³/mol. The summed E-state index contributed by atoms with van der Waals surface area (Å²) in [5, 5.41) is 0. The van der Waals surface area contributed by atoms with E-state index in [1.54, 1.807) is 11.0 Å². The summed E-state index contributed by atoms with van der Waals surface area (Å²) < 4.78 is 23.7. The molecule has 0 aromatic heterocycles. The Labute approximate surface area is 153 Å². The van der Waals surface area contributed by atoms with Gasteiger partial charge in [0.25, 0.3) is 0 Å². The standard InChI is InChI=1S/C10H26O4P6S2/c1-17-18-5-4-11-9-6-8(13-19(2)22-16)7-12-10(9)14-21-20(3)15/h8-10,17-18H,4-7,15-16H2,1-3H3/t8-,9?,10?,19?,20?/m0/s1. The van der Waals surface area contributed by atoms with Gasteiger partial charge in [0.1, 0.15) is 6.10 Å². The zero-order valence-corrected chi connectivity index (χ0v) is 20.8. The molecule has 0 bridgehead atoms. The summed E-state index contributed by atoms with van der Waals surface area (Å²) in [5.74, 6) is 0. The number of hydrogen-bond donors (Lipinski definition) is 0. The van der Waals surface area contributed by atoms with Crippen LogP contribution in [0, 0.1) is 0 Å². The van der Waals surface area contributed by atoms with Crippen LogP contribution in [0.25, 0.3) is 0 Å². The summed E-state index contributed by atoms with van der Waals surface area (Å²) in [4.78, 5) is 0. The topological polar surface area (TPSA) is 36.9 Å². The molecular formula is C10H26O4P6S2. The number of ether oxygens (including phenoxy) is 2. The van der Waals surface area contributed by atoms with E-state index in [0.29, 0.717) is 6.61 Å². The lowest BCUT2D eigenvalue weighted by Crippen LogP contribution is -2.44. The summed E-state index contributed by atoms with van der Waals surface area (Å²) in [5.41, 5.74) is 0. The molecule has 0 saturated carbocycles. The summed E-state index contributed by atoms with van der Waals surface area (Å²) in [6, 6.07) is 0. The fraction of sp³-hybridized carbons (Fsp3) is 1.00. The van der Waals surface area contributed by atoms with Crippen LogP contribution in [0.1, 0.15) is 6.42 Å². The Bertz CT molecular complexity index is 294. The maximum Gasteiger partial charge on any atom is 0.197 e. The van der Waals surface area contributed by atoms with Gasteiger partial charge in [-0.25, -0.2) is 0 Å². The van der Waals surface area contributed by atoms with Crippen molar-refractivity contribution in [2.75, 3.05) is 39.4 Å². The third kappa shape index (κ3) is 10.3. The average Bonchev–Trinajstić information content (AvgIpc) is 2.50. The molecule has 0 aromatic rings. The van der Waals surface area contributed by atoms with Crippen molar-refractivity contribution >= 4 is 70.7 Å². The van der Waals surface area contributed by atoms with Crippen LogP contribution in [0.5, 0.6) is 0 Å². The summed E-state index contributed by atoms with van der Waals surface area (Å²) >= 11 is 3.18. The highest BCUT2D eigenvalue weighted by molar-refractivity contribution is 8.77. The van der Waals surface area contributed by atoms with Gasteiger partial charge in [0.05, 0.1) is 26.7 Å². The third-order valence-electron chi connectivity index (χ3n) is 2.68. The summed E-state index contributed by atoms with van der Waals surface area (Å²) in [6.07, 6.45) is 1.76. The molecule has 1 rings (SSSR count). The van der Waals surface area contributed by atoms with Crippen molar-refractivity contribution in [2.45, 2.75) is 24.9 Å². The molecule has 0 radical (unpaired) electrons. The summed E-state index contributed by atoms with van der Waals surface area (Å²) in [7, 11) is 6.98. The molecule has 132 valence electrons. The minimum absolute atomic E-state index is 0.0332. The first-order chi connectivity index (χ1) is 10.6. The van der Waals surface area contributed by atoms with E-state index in [0.717, 1.165) is 35.7 Å². The SMILES string of the molecule is CPPCCOC1C[C@H](OP(C)SP)COC1OSP(C)P. The Morgan fingerprint density at radius 3 is 2.82 bits per heavy atom. The smallest absolute Gasteiger partial charge is 0.197 e. The van der Waals surface area contributed by atoms with Crippen LogP contribution in [0.4, 0.5) is 0 Å². The zero-order chi connectivity index (χ0) is 16.4. The van der Waals surface area contributed by atoms with E-state index in [-0.39, 0.29) is 25.3 Å². The average molecular weight is 460 g/mol. The van der Waals surface area contributed by atoms with Gasteiger partial charge in [0.2, 0.25) is 0 Å². The van der Waals surface area contributed by atoms with E-state index < -0.39 is 7.35 Å². The first-order valence-electron chi connectivity index (χ1n) is 6.78. The monoisotopic (exact) mass is 460 g/mol. The van der Waals surface area contributed by atoms with E-state index in [1.807, 2.05) is 0 Å². The molecule has 12 heteroatoms. The van der Waals surface area contributed by atoms with Crippen molar-refractivity contribution in [3.05, 3.63) is 0 Å². The molecule has 1 fully saturated rings. The van der Waals surface area contributed by atoms with Crippen molar-refractivity contribution in [2.24, 2.45) is 0 Å². The van der Waals surface area contributed by atoms with E-state index in [9.17, 15) is 0 Å². The molecule has 0 amide bonds. The van der Waals surface area contributed by atoms with Crippen molar-refractivity contribution in [3.8, 4) is 0 Å². The molecule has 9 atom stereocenters. The highest BCUT2D eigenvalue weighted by atomic mass is 33.1. The molecule has 1 aliphatic rings. The van der Waals surface area contributed by atoms with Gasteiger partial charge < -0.3 is 14.0 Å². The molecule has 0 aliphatic carbocycles. The highest BCUT2D eigenvalue weighted by Crippen LogP contribution is 2.55. The lowest BCUT2D eigenvalue weighted by molar-refractivity contribution is -0.202. The third-order valence-corrected chi connectivity index (χ3v) is 12.3. The molecule has 1 heterocycles. The van der Waals surface area contributed by atoms with E-state index in [4.69, 9.17) is 18.2 Å². The van der Waals surface area contributed by atoms with Crippen molar-refractivity contribution in [3.63, 3.8) is 0 Å². The Balaban J connectivity index is 2.45. The molecule has 0 N–H and O–H groups in total. The van der Waals surface area contributed by atoms with Crippen molar-refractivity contribution in [1.29, 1.82) is 0 Å². The van der Waals surface area contributed by atoms with Gasteiger partial charge in [0, 0.05) is 18.1 Å². The Morgan fingerprint density at radius 2 is 2.18 bits per heavy atom. The van der Waals surface area contributed by atoms with Gasteiger partial charge in [-0.2, -0.15) is 0 Å². The van der Waals surface area contributed by atoms with Crippen LogP contribution >= 0.6 is 70.7 Å². The first-order valence-corrected chi connectivity index (χ1v) is 19.9. The molecule has 8 unspecified atom stereocenters. The number of hydrogen-bond acceptors (Lipinski definition) is 6. The second-order valence-electron chi connectivity index (χ2n) is 4.51. The fourth-order valence-electron chi connectivity index (χ4n) is 1.79. The van der Waals surface area contributed by atoms with Crippen LogP contribution < -0.4 is 0 Å².